The summed E-state index contributed by atoms with van der Waals surface area (Å²) < 4.78 is 6.28. The molecule has 1 aromatic carbocycles. The van der Waals surface area contributed by atoms with Crippen LogP contribution in [0.15, 0.2) is 27.5 Å². The minimum atomic E-state index is 0.164. The highest BCUT2D eigenvalue weighted by Gasteiger charge is 2.23. The molecule has 0 saturated carbocycles. The number of hydrogen-bond donors (Lipinski definition) is 1. The number of aryl methyl sites for hydroxylation is 2. The Labute approximate surface area is 136 Å². The van der Waals surface area contributed by atoms with Crippen molar-refractivity contribution in [2.75, 3.05) is 6.54 Å². The third kappa shape index (κ3) is 3.24. The van der Waals surface area contributed by atoms with Crippen LogP contribution in [0.5, 0.6) is 0 Å². The van der Waals surface area contributed by atoms with Crippen molar-refractivity contribution < 1.29 is 4.42 Å². The lowest BCUT2D eigenvalue weighted by molar-refractivity contribution is 0.522. The van der Waals surface area contributed by atoms with Gasteiger partial charge in [-0.1, -0.05) is 13.0 Å². The molecule has 0 spiro atoms. The van der Waals surface area contributed by atoms with E-state index >= 15 is 0 Å². The first-order valence-corrected chi connectivity index (χ1v) is 8.30. The van der Waals surface area contributed by atoms with Gasteiger partial charge < -0.3 is 9.73 Å². The lowest BCUT2D eigenvalue weighted by atomic mass is 9.87. The number of halogens is 1. The summed E-state index contributed by atoms with van der Waals surface area (Å²) in [6, 6.07) is 4.49. The molecule has 21 heavy (non-hydrogen) atoms. The van der Waals surface area contributed by atoms with Gasteiger partial charge in [0.05, 0.1) is 12.3 Å². The molecule has 0 bridgehead atoms. The molecule has 0 aliphatic heterocycles. The van der Waals surface area contributed by atoms with Crippen LogP contribution in [-0.2, 0) is 0 Å². The van der Waals surface area contributed by atoms with Crippen molar-refractivity contribution in [2.24, 2.45) is 0 Å². The quantitative estimate of drug-likeness (QED) is 0.785. The van der Waals surface area contributed by atoms with Gasteiger partial charge in [-0.3, -0.25) is 0 Å². The van der Waals surface area contributed by atoms with Gasteiger partial charge in [0.1, 0.15) is 0 Å². The second kappa shape index (κ2) is 6.80. The van der Waals surface area contributed by atoms with E-state index in [0.29, 0.717) is 0 Å². The van der Waals surface area contributed by atoms with Crippen LogP contribution in [0.25, 0.3) is 0 Å². The van der Waals surface area contributed by atoms with E-state index in [1.165, 1.54) is 33.4 Å². The molecule has 0 aliphatic carbocycles. The lowest BCUT2D eigenvalue weighted by Gasteiger charge is -2.25. The standard InChI is InChI=1S/C18H24BrNO/c1-6-8-20-17(15-7-9-21-18(15)19)16-13(4)11(2)10-12(3)14(16)5/h7,9-10,17,20H,6,8H2,1-5H3. The molecule has 0 aliphatic rings. The van der Waals surface area contributed by atoms with Crippen LogP contribution < -0.4 is 5.32 Å². The minimum absolute atomic E-state index is 0.164. The number of benzene rings is 1. The summed E-state index contributed by atoms with van der Waals surface area (Å²) in [6.07, 6.45) is 2.85. The minimum Gasteiger partial charge on any atom is -0.457 e. The van der Waals surface area contributed by atoms with Crippen molar-refractivity contribution in [3.8, 4) is 0 Å². The Bertz CT molecular complexity index is 604. The van der Waals surface area contributed by atoms with Crippen LogP contribution in [0.3, 0.4) is 0 Å². The highest BCUT2D eigenvalue weighted by Crippen LogP contribution is 2.35. The monoisotopic (exact) mass is 349 g/mol. The van der Waals surface area contributed by atoms with Gasteiger partial charge in [0.15, 0.2) is 4.67 Å². The molecule has 1 unspecified atom stereocenters. The molecule has 0 fully saturated rings. The smallest absolute Gasteiger partial charge is 0.174 e. The van der Waals surface area contributed by atoms with Crippen molar-refractivity contribution in [3.05, 3.63) is 56.4 Å². The van der Waals surface area contributed by atoms with E-state index in [2.05, 4.69) is 61.9 Å². The van der Waals surface area contributed by atoms with Crippen molar-refractivity contribution in [2.45, 2.75) is 47.1 Å². The largest absolute Gasteiger partial charge is 0.457 e. The van der Waals surface area contributed by atoms with Crippen LogP contribution in [-0.4, -0.2) is 6.54 Å². The Kier molecular flexibility index (Phi) is 5.28. The van der Waals surface area contributed by atoms with Crippen LogP contribution in [0.1, 0.15) is 52.8 Å². The van der Waals surface area contributed by atoms with Crippen LogP contribution in [0.4, 0.5) is 0 Å². The SMILES string of the molecule is CCCNC(c1ccoc1Br)c1c(C)c(C)cc(C)c1C. The fourth-order valence-electron chi connectivity index (χ4n) is 2.85. The third-order valence-electron chi connectivity index (χ3n) is 4.27. The number of furan rings is 1. The van der Waals surface area contributed by atoms with E-state index in [0.717, 1.165) is 17.6 Å². The summed E-state index contributed by atoms with van der Waals surface area (Å²) >= 11 is 3.54. The maximum absolute atomic E-state index is 5.46. The normalized spacial score (nSPS) is 12.7. The summed E-state index contributed by atoms with van der Waals surface area (Å²) in [6.45, 7) is 12.0. The maximum atomic E-state index is 5.46. The molecule has 2 nitrogen and oxygen atoms in total. The van der Waals surface area contributed by atoms with Gasteiger partial charge in [0, 0.05) is 5.56 Å². The Balaban J connectivity index is 2.59. The average molecular weight is 350 g/mol. The van der Waals surface area contributed by atoms with E-state index in [-0.39, 0.29) is 6.04 Å². The van der Waals surface area contributed by atoms with Gasteiger partial charge in [0.25, 0.3) is 0 Å². The van der Waals surface area contributed by atoms with Gasteiger partial charge in [-0.05, 0) is 90.5 Å². The number of nitrogens with one attached hydrogen (secondary N) is 1. The van der Waals surface area contributed by atoms with Crippen LogP contribution in [0, 0.1) is 27.7 Å². The highest BCUT2D eigenvalue weighted by molar-refractivity contribution is 9.10. The molecular formula is C18H24BrNO. The molecule has 3 heteroatoms. The predicted molar refractivity (Wildman–Crippen MR) is 91.9 cm³/mol. The molecule has 1 aromatic heterocycles. The Morgan fingerprint density at radius 2 is 1.76 bits per heavy atom. The van der Waals surface area contributed by atoms with E-state index in [4.69, 9.17) is 4.42 Å². The predicted octanol–water partition coefficient (Wildman–Crippen LogP) is 5.36. The van der Waals surface area contributed by atoms with E-state index in [9.17, 15) is 0 Å². The Hall–Kier alpha value is -1.06. The van der Waals surface area contributed by atoms with Crippen LogP contribution >= 0.6 is 15.9 Å². The van der Waals surface area contributed by atoms with Gasteiger partial charge in [0.2, 0.25) is 0 Å². The molecular weight excluding hydrogens is 326 g/mol. The van der Waals surface area contributed by atoms with E-state index < -0.39 is 0 Å². The zero-order valence-corrected chi connectivity index (χ0v) is 15.1. The molecule has 0 amide bonds. The highest BCUT2D eigenvalue weighted by atomic mass is 79.9. The molecule has 114 valence electrons. The lowest BCUT2D eigenvalue weighted by Crippen LogP contribution is -2.25. The van der Waals surface area contributed by atoms with Gasteiger partial charge >= 0.3 is 0 Å². The maximum Gasteiger partial charge on any atom is 0.174 e. The summed E-state index contributed by atoms with van der Waals surface area (Å²) in [7, 11) is 0. The van der Waals surface area contributed by atoms with Crippen molar-refractivity contribution in [3.63, 3.8) is 0 Å². The molecule has 2 rings (SSSR count). The molecule has 1 atom stereocenters. The second-order valence-electron chi connectivity index (χ2n) is 5.71. The Morgan fingerprint density at radius 3 is 2.24 bits per heavy atom. The molecule has 0 saturated heterocycles. The average Bonchev–Trinajstić information content (AvgIpc) is 2.86. The zero-order valence-electron chi connectivity index (χ0n) is 13.5. The molecule has 1 heterocycles. The number of hydrogen-bond acceptors (Lipinski definition) is 2. The molecule has 1 N–H and O–H groups in total. The van der Waals surface area contributed by atoms with Crippen LogP contribution in [0.2, 0.25) is 0 Å². The first kappa shape index (κ1) is 16.3. The van der Waals surface area contributed by atoms with Gasteiger partial charge in [-0.2, -0.15) is 0 Å². The summed E-state index contributed by atoms with van der Waals surface area (Å²) in [5.41, 5.74) is 7.95. The fraction of sp³-hybridized carbons (Fsp3) is 0.444. The third-order valence-corrected chi connectivity index (χ3v) is 4.91. The van der Waals surface area contributed by atoms with Gasteiger partial charge in [-0.25, -0.2) is 0 Å². The van der Waals surface area contributed by atoms with Crippen molar-refractivity contribution in [1.82, 2.24) is 5.32 Å². The summed E-state index contributed by atoms with van der Waals surface area (Å²) in [5.74, 6) is 0. The first-order chi connectivity index (χ1) is 9.97. The summed E-state index contributed by atoms with van der Waals surface area (Å²) in [5, 5.41) is 3.68. The van der Waals surface area contributed by atoms with Gasteiger partial charge in [-0.15, -0.1) is 0 Å². The fourth-order valence-corrected chi connectivity index (χ4v) is 3.32. The zero-order chi connectivity index (χ0) is 15.6. The number of rotatable bonds is 5. The van der Waals surface area contributed by atoms with E-state index in [1.807, 2.05) is 6.07 Å². The Morgan fingerprint density at radius 1 is 1.14 bits per heavy atom. The molecule has 2 aromatic rings. The van der Waals surface area contributed by atoms with Crippen molar-refractivity contribution >= 4 is 15.9 Å². The summed E-state index contributed by atoms with van der Waals surface area (Å²) in [4.78, 5) is 0. The second-order valence-corrected chi connectivity index (χ2v) is 6.43. The topological polar surface area (TPSA) is 25.2 Å². The van der Waals surface area contributed by atoms with Crippen molar-refractivity contribution in [1.29, 1.82) is 0 Å². The first-order valence-electron chi connectivity index (χ1n) is 7.50. The molecule has 0 radical (unpaired) electrons. The van der Waals surface area contributed by atoms with E-state index in [1.54, 1.807) is 6.26 Å².